The molecule has 0 aromatic heterocycles. The lowest BCUT2D eigenvalue weighted by Gasteiger charge is -2.41. The van der Waals surface area contributed by atoms with Gasteiger partial charge in [-0.2, -0.15) is 0 Å². The highest BCUT2D eigenvalue weighted by Gasteiger charge is 2.35. The van der Waals surface area contributed by atoms with Crippen molar-refractivity contribution in [2.75, 3.05) is 18.5 Å². The summed E-state index contributed by atoms with van der Waals surface area (Å²) in [6.07, 6.45) is 3.25. The average Bonchev–Trinajstić information content (AvgIpc) is 2.42. The van der Waals surface area contributed by atoms with Gasteiger partial charge in [-0.25, -0.2) is 0 Å². The molecule has 1 aliphatic rings. The molecule has 3 nitrogen and oxygen atoms in total. The number of benzene rings is 1. The quantitative estimate of drug-likeness (QED) is 0.882. The number of ether oxygens (including phenoxy) is 1. The first-order valence-electron chi connectivity index (χ1n) is 6.53. The molecule has 2 atom stereocenters. The lowest BCUT2D eigenvalue weighted by Crippen LogP contribution is -2.52. The molecule has 0 bridgehead atoms. The minimum atomic E-state index is -0.0489. The van der Waals surface area contributed by atoms with E-state index in [9.17, 15) is 0 Å². The van der Waals surface area contributed by atoms with Crippen LogP contribution in [0.2, 0.25) is 5.02 Å². The van der Waals surface area contributed by atoms with Crippen LogP contribution in [0.15, 0.2) is 24.3 Å². The van der Waals surface area contributed by atoms with E-state index < -0.39 is 0 Å². The highest BCUT2D eigenvalue weighted by molar-refractivity contribution is 6.30. The van der Waals surface area contributed by atoms with Gasteiger partial charge in [0.1, 0.15) is 0 Å². The Morgan fingerprint density at radius 1 is 1.44 bits per heavy atom. The molecule has 0 aliphatic carbocycles. The van der Waals surface area contributed by atoms with Gasteiger partial charge in [-0.1, -0.05) is 18.5 Å². The third kappa shape index (κ3) is 3.16. The molecule has 100 valence electrons. The number of hydrogen-bond donors (Lipinski definition) is 2. The van der Waals surface area contributed by atoms with Gasteiger partial charge < -0.3 is 15.8 Å². The maximum absolute atomic E-state index is 5.99. The van der Waals surface area contributed by atoms with Gasteiger partial charge >= 0.3 is 0 Å². The van der Waals surface area contributed by atoms with Crippen molar-refractivity contribution in [3.05, 3.63) is 29.3 Å². The minimum absolute atomic E-state index is 0.0489. The minimum Gasteiger partial charge on any atom is -0.378 e. The summed E-state index contributed by atoms with van der Waals surface area (Å²) >= 11 is 5.90. The summed E-state index contributed by atoms with van der Waals surface area (Å²) < 4.78 is 5.72. The van der Waals surface area contributed by atoms with Crippen molar-refractivity contribution in [2.24, 2.45) is 5.73 Å². The zero-order valence-corrected chi connectivity index (χ0v) is 11.5. The fourth-order valence-electron chi connectivity index (χ4n) is 2.47. The fraction of sp³-hybridized carbons (Fsp3) is 0.571. The van der Waals surface area contributed by atoms with Gasteiger partial charge in [0, 0.05) is 23.9 Å². The fourth-order valence-corrected chi connectivity index (χ4v) is 2.60. The van der Waals surface area contributed by atoms with Crippen LogP contribution in [0.1, 0.15) is 26.2 Å². The van der Waals surface area contributed by atoms with Crippen LogP contribution in [0.4, 0.5) is 5.69 Å². The molecule has 1 aromatic carbocycles. The van der Waals surface area contributed by atoms with E-state index in [4.69, 9.17) is 22.1 Å². The molecule has 0 amide bonds. The van der Waals surface area contributed by atoms with Crippen LogP contribution >= 0.6 is 11.6 Å². The van der Waals surface area contributed by atoms with E-state index in [-0.39, 0.29) is 5.54 Å². The summed E-state index contributed by atoms with van der Waals surface area (Å²) in [7, 11) is 0. The zero-order valence-electron chi connectivity index (χ0n) is 10.8. The van der Waals surface area contributed by atoms with Crippen LogP contribution in [0.5, 0.6) is 0 Å². The van der Waals surface area contributed by atoms with Crippen molar-refractivity contribution < 1.29 is 4.74 Å². The molecule has 1 aromatic rings. The van der Waals surface area contributed by atoms with Crippen LogP contribution < -0.4 is 11.1 Å². The SMILES string of the molecule is CCC1CC(CN)(Nc2ccc(Cl)cc2)CCO1. The van der Waals surface area contributed by atoms with E-state index in [0.717, 1.165) is 36.6 Å². The Bertz CT molecular complexity index is 382. The number of halogens is 1. The summed E-state index contributed by atoms with van der Waals surface area (Å²) in [6, 6.07) is 7.78. The standard InChI is InChI=1S/C14H21ClN2O/c1-2-13-9-14(10-16,7-8-18-13)17-12-5-3-11(15)4-6-12/h3-6,13,17H,2,7-10,16H2,1H3. The summed E-state index contributed by atoms with van der Waals surface area (Å²) in [5.74, 6) is 0. The highest BCUT2D eigenvalue weighted by Crippen LogP contribution is 2.29. The van der Waals surface area contributed by atoms with Crippen molar-refractivity contribution in [2.45, 2.75) is 37.8 Å². The van der Waals surface area contributed by atoms with Gasteiger partial charge in [0.2, 0.25) is 0 Å². The van der Waals surface area contributed by atoms with Crippen molar-refractivity contribution in [1.29, 1.82) is 0 Å². The number of nitrogens with two attached hydrogens (primary N) is 1. The molecule has 1 heterocycles. The Labute approximate surface area is 114 Å². The lowest BCUT2D eigenvalue weighted by atomic mass is 9.85. The molecule has 1 saturated heterocycles. The molecule has 0 radical (unpaired) electrons. The van der Waals surface area contributed by atoms with Crippen LogP contribution in [0, 0.1) is 0 Å². The second-order valence-corrected chi connectivity index (χ2v) is 5.41. The predicted octanol–water partition coefficient (Wildman–Crippen LogP) is 3.04. The first-order chi connectivity index (χ1) is 8.67. The third-order valence-electron chi connectivity index (χ3n) is 3.65. The van der Waals surface area contributed by atoms with Crippen molar-refractivity contribution in [1.82, 2.24) is 0 Å². The first-order valence-corrected chi connectivity index (χ1v) is 6.91. The molecule has 2 rings (SSSR count). The Morgan fingerprint density at radius 3 is 2.78 bits per heavy atom. The van der Waals surface area contributed by atoms with Crippen LogP contribution in [0.3, 0.4) is 0 Å². The summed E-state index contributed by atoms with van der Waals surface area (Å²) in [6.45, 7) is 3.55. The second kappa shape index (κ2) is 5.91. The van der Waals surface area contributed by atoms with E-state index >= 15 is 0 Å². The molecule has 4 heteroatoms. The van der Waals surface area contributed by atoms with Crippen molar-refractivity contribution in [3.63, 3.8) is 0 Å². The largest absolute Gasteiger partial charge is 0.378 e. The van der Waals surface area contributed by atoms with Crippen molar-refractivity contribution in [3.8, 4) is 0 Å². The smallest absolute Gasteiger partial charge is 0.0595 e. The van der Waals surface area contributed by atoms with E-state index in [1.807, 2.05) is 24.3 Å². The third-order valence-corrected chi connectivity index (χ3v) is 3.90. The molecule has 2 unspecified atom stereocenters. The predicted molar refractivity (Wildman–Crippen MR) is 76.1 cm³/mol. The Balaban J connectivity index is 2.09. The van der Waals surface area contributed by atoms with Crippen LogP contribution in [-0.4, -0.2) is 24.8 Å². The zero-order chi connectivity index (χ0) is 13.0. The molecule has 18 heavy (non-hydrogen) atoms. The monoisotopic (exact) mass is 268 g/mol. The Hall–Kier alpha value is -0.770. The molecular formula is C14H21ClN2O. The van der Waals surface area contributed by atoms with Gasteiger partial charge in [0.15, 0.2) is 0 Å². The number of rotatable bonds is 4. The number of nitrogens with one attached hydrogen (secondary N) is 1. The molecule has 1 aliphatic heterocycles. The normalized spacial score (nSPS) is 28.1. The molecule has 0 spiro atoms. The molecule has 1 fully saturated rings. The van der Waals surface area contributed by atoms with E-state index in [2.05, 4.69) is 12.2 Å². The van der Waals surface area contributed by atoms with E-state index in [1.54, 1.807) is 0 Å². The Kier molecular flexibility index (Phi) is 4.49. The average molecular weight is 269 g/mol. The van der Waals surface area contributed by atoms with Crippen LogP contribution in [0.25, 0.3) is 0 Å². The van der Waals surface area contributed by atoms with Gasteiger partial charge in [-0.15, -0.1) is 0 Å². The van der Waals surface area contributed by atoms with Gasteiger partial charge in [-0.3, -0.25) is 0 Å². The van der Waals surface area contributed by atoms with E-state index in [0.29, 0.717) is 12.6 Å². The molecule has 0 saturated carbocycles. The number of anilines is 1. The first kappa shape index (κ1) is 13.7. The maximum Gasteiger partial charge on any atom is 0.0595 e. The number of hydrogen-bond acceptors (Lipinski definition) is 3. The van der Waals surface area contributed by atoms with Gasteiger partial charge in [0.25, 0.3) is 0 Å². The molecular weight excluding hydrogens is 248 g/mol. The topological polar surface area (TPSA) is 47.3 Å². The van der Waals surface area contributed by atoms with Gasteiger partial charge in [0.05, 0.1) is 11.6 Å². The van der Waals surface area contributed by atoms with E-state index in [1.165, 1.54) is 0 Å². The highest BCUT2D eigenvalue weighted by atomic mass is 35.5. The summed E-state index contributed by atoms with van der Waals surface area (Å²) in [5, 5.41) is 4.32. The van der Waals surface area contributed by atoms with Crippen LogP contribution in [-0.2, 0) is 4.74 Å². The molecule has 3 N–H and O–H groups in total. The van der Waals surface area contributed by atoms with Gasteiger partial charge in [-0.05, 0) is 43.5 Å². The summed E-state index contributed by atoms with van der Waals surface area (Å²) in [5.41, 5.74) is 7.01. The second-order valence-electron chi connectivity index (χ2n) is 4.97. The Morgan fingerprint density at radius 2 is 2.17 bits per heavy atom. The lowest BCUT2D eigenvalue weighted by molar-refractivity contribution is -0.0125. The van der Waals surface area contributed by atoms with Crippen molar-refractivity contribution >= 4 is 17.3 Å². The maximum atomic E-state index is 5.99. The summed E-state index contributed by atoms with van der Waals surface area (Å²) in [4.78, 5) is 0.